The van der Waals surface area contributed by atoms with Crippen LogP contribution in [0.4, 0.5) is 0 Å². The second-order valence-electron chi connectivity index (χ2n) is 4.51. The van der Waals surface area contributed by atoms with E-state index < -0.39 is 8.80 Å². The van der Waals surface area contributed by atoms with E-state index in [0.29, 0.717) is 25.2 Å². The molecule has 5 nitrogen and oxygen atoms in total. The first-order valence-corrected chi connectivity index (χ1v) is 8.49. The summed E-state index contributed by atoms with van der Waals surface area (Å²) in [7, 11) is 2.48. The minimum Gasteiger partial charge on any atom is -0.379 e. The predicted molar refractivity (Wildman–Crippen MR) is 70.5 cm³/mol. The molecule has 1 saturated heterocycles. The molecule has 0 amide bonds. The van der Waals surface area contributed by atoms with E-state index in [1.807, 2.05) is 0 Å². The van der Waals surface area contributed by atoms with Crippen molar-refractivity contribution in [2.75, 3.05) is 41.2 Å². The number of rotatable bonds is 10. The maximum Gasteiger partial charge on any atom is 0.500 e. The lowest BCUT2D eigenvalue weighted by Crippen LogP contribution is -2.43. The average molecular weight is 278 g/mol. The van der Waals surface area contributed by atoms with Gasteiger partial charge in [0.2, 0.25) is 0 Å². The highest BCUT2D eigenvalue weighted by molar-refractivity contribution is 6.60. The SMILES string of the molecule is CCC1COC1COCCC[Si](OC)(OC)OC. The molecule has 0 aromatic heterocycles. The fourth-order valence-electron chi connectivity index (χ4n) is 2.08. The van der Waals surface area contributed by atoms with Gasteiger partial charge in [0, 0.05) is 39.9 Å². The van der Waals surface area contributed by atoms with Crippen LogP contribution in [0.15, 0.2) is 0 Å². The summed E-state index contributed by atoms with van der Waals surface area (Å²) in [5.74, 6) is 0.676. The molecule has 2 atom stereocenters. The summed E-state index contributed by atoms with van der Waals surface area (Å²) < 4.78 is 27.1. The highest BCUT2D eigenvalue weighted by Crippen LogP contribution is 2.23. The van der Waals surface area contributed by atoms with E-state index in [-0.39, 0.29) is 0 Å². The molecule has 0 aromatic rings. The Balaban J connectivity index is 2.07. The average Bonchev–Trinajstić information content (AvgIpc) is 2.38. The van der Waals surface area contributed by atoms with Crippen molar-refractivity contribution in [2.45, 2.75) is 31.9 Å². The van der Waals surface area contributed by atoms with Crippen LogP contribution in [-0.4, -0.2) is 56.1 Å². The van der Waals surface area contributed by atoms with Crippen molar-refractivity contribution in [1.29, 1.82) is 0 Å². The molecule has 0 bridgehead atoms. The van der Waals surface area contributed by atoms with E-state index in [1.165, 1.54) is 6.42 Å². The van der Waals surface area contributed by atoms with E-state index in [2.05, 4.69) is 6.92 Å². The lowest BCUT2D eigenvalue weighted by molar-refractivity contribution is -0.146. The van der Waals surface area contributed by atoms with Gasteiger partial charge in [0.05, 0.1) is 19.3 Å². The topological polar surface area (TPSA) is 46.2 Å². The second-order valence-corrected chi connectivity index (χ2v) is 7.60. The van der Waals surface area contributed by atoms with Gasteiger partial charge < -0.3 is 22.8 Å². The molecule has 0 spiro atoms. The van der Waals surface area contributed by atoms with Crippen LogP contribution >= 0.6 is 0 Å². The molecule has 1 fully saturated rings. The highest BCUT2D eigenvalue weighted by atomic mass is 28.4. The maximum absolute atomic E-state index is 5.63. The molecule has 0 aliphatic carbocycles. The Morgan fingerprint density at radius 1 is 1.17 bits per heavy atom. The molecule has 1 aliphatic rings. The zero-order valence-corrected chi connectivity index (χ0v) is 12.9. The fraction of sp³-hybridized carbons (Fsp3) is 1.00. The summed E-state index contributed by atoms with van der Waals surface area (Å²) in [5, 5.41) is 0. The zero-order valence-electron chi connectivity index (χ0n) is 11.9. The van der Waals surface area contributed by atoms with Gasteiger partial charge in [-0.3, -0.25) is 0 Å². The smallest absolute Gasteiger partial charge is 0.379 e. The third kappa shape index (κ3) is 4.29. The molecule has 0 saturated carbocycles. The van der Waals surface area contributed by atoms with Gasteiger partial charge in [0.25, 0.3) is 0 Å². The molecule has 0 radical (unpaired) electrons. The molecule has 108 valence electrons. The van der Waals surface area contributed by atoms with E-state index in [1.54, 1.807) is 21.3 Å². The van der Waals surface area contributed by atoms with Crippen LogP contribution in [0.25, 0.3) is 0 Å². The normalized spacial score (nSPS) is 24.0. The molecule has 0 N–H and O–H groups in total. The Labute approximate surface area is 111 Å². The first-order chi connectivity index (χ1) is 8.71. The summed E-state index contributed by atoms with van der Waals surface area (Å²) in [6.07, 6.45) is 2.34. The Morgan fingerprint density at radius 2 is 1.83 bits per heavy atom. The van der Waals surface area contributed by atoms with E-state index in [9.17, 15) is 0 Å². The minimum atomic E-state index is -2.42. The number of hydrogen-bond acceptors (Lipinski definition) is 5. The van der Waals surface area contributed by atoms with Crippen LogP contribution in [0, 0.1) is 5.92 Å². The maximum atomic E-state index is 5.63. The molecule has 18 heavy (non-hydrogen) atoms. The molecule has 2 unspecified atom stereocenters. The molecule has 1 aliphatic heterocycles. The van der Waals surface area contributed by atoms with E-state index in [0.717, 1.165) is 19.1 Å². The number of hydrogen-bond donors (Lipinski definition) is 0. The Hall–Kier alpha value is 0.0169. The summed E-state index contributed by atoms with van der Waals surface area (Å²) in [6.45, 7) is 4.47. The van der Waals surface area contributed by atoms with Crippen LogP contribution in [-0.2, 0) is 22.8 Å². The van der Waals surface area contributed by atoms with Gasteiger partial charge in [0.1, 0.15) is 0 Å². The zero-order chi connectivity index (χ0) is 13.4. The van der Waals surface area contributed by atoms with Gasteiger partial charge >= 0.3 is 8.80 Å². The van der Waals surface area contributed by atoms with Crippen LogP contribution < -0.4 is 0 Å². The van der Waals surface area contributed by atoms with Crippen molar-refractivity contribution >= 4 is 8.80 Å². The van der Waals surface area contributed by atoms with Crippen LogP contribution in [0.5, 0.6) is 0 Å². The van der Waals surface area contributed by atoms with E-state index >= 15 is 0 Å². The summed E-state index contributed by atoms with van der Waals surface area (Å²) in [5.41, 5.74) is 0. The predicted octanol–water partition coefficient (Wildman–Crippen LogP) is 1.70. The van der Waals surface area contributed by atoms with Crippen LogP contribution in [0.2, 0.25) is 6.04 Å². The molecule has 6 heteroatoms. The van der Waals surface area contributed by atoms with Gasteiger partial charge in [-0.05, 0) is 12.8 Å². The van der Waals surface area contributed by atoms with Gasteiger partial charge in [-0.2, -0.15) is 0 Å². The quantitative estimate of drug-likeness (QED) is 0.449. The summed E-state index contributed by atoms with van der Waals surface area (Å²) in [4.78, 5) is 0. The van der Waals surface area contributed by atoms with Gasteiger partial charge in [-0.15, -0.1) is 0 Å². The molecular formula is C12H26O5Si. The first-order valence-electron chi connectivity index (χ1n) is 6.56. The van der Waals surface area contributed by atoms with Crippen molar-refractivity contribution in [2.24, 2.45) is 5.92 Å². The Bertz CT molecular complexity index is 212. The van der Waals surface area contributed by atoms with Crippen molar-refractivity contribution < 1.29 is 22.8 Å². The lowest BCUT2D eigenvalue weighted by atomic mass is 9.96. The molecule has 1 heterocycles. The van der Waals surface area contributed by atoms with Crippen molar-refractivity contribution in [1.82, 2.24) is 0 Å². The minimum absolute atomic E-state index is 0.296. The highest BCUT2D eigenvalue weighted by Gasteiger charge is 2.37. The first kappa shape index (κ1) is 16.1. The van der Waals surface area contributed by atoms with Crippen molar-refractivity contribution in [3.63, 3.8) is 0 Å². The third-order valence-corrected chi connectivity index (χ3v) is 6.39. The van der Waals surface area contributed by atoms with Gasteiger partial charge in [-0.1, -0.05) is 6.92 Å². The van der Waals surface area contributed by atoms with Crippen molar-refractivity contribution in [3.8, 4) is 0 Å². The largest absolute Gasteiger partial charge is 0.500 e. The monoisotopic (exact) mass is 278 g/mol. The third-order valence-electron chi connectivity index (χ3n) is 3.56. The molecule has 1 rings (SSSR count). The number of ether oxygens (including phenoxy) is 2. The van der Waals surface area contributed by atoms with Crippen LogP contribution in [0.3, 0.4) is 0 Å². The van der Waals surface area contributed by atoms with Crippen LogP contribution in [0.1, 0.15) is 19.8 Å². The fourth-order valence-corrected chi connectivity index (χ4v) is 3.77. The summed E-state index contributed by atoms with van der Waals surface area (Å²) in [6, 6.07) is 0.777. The Morgan fingerprint density at radius 3 is 2.28 bits per heavy atom. The molecular weight excluding hydrogens is 252 g/mol. The Kier molecular flexibility index (Phi) is 7.36. The summed E-state index contributed by atoms with van der Waals surface area (Å²) >= 11 is 0. The van der Waals surface area contributed by atoms with Gasteiger partial charge in [0.15, 0.2) is 0 Å². The molecule has 0 aromatic carbocycles. The van der Waals surface area contributed by atoms with Gasteiger partial charge in [-0.25, -0.2) is 0 Å². The van der Waals surface area contributed by atoms with E-state index in [4.69, 9.17) is 22.8 Å². The standard InChI is InChI=1S/C12H26O5Si/c1-5-11-9-17-12(11)10-16-7-6-8-18(13-2,14-3)15-4/h11-12H,5-10H2,1-4H3. The van der Waals surface area contributed by atoms with Crippen molar-refractivity contribution in [3.05, 3.63) is 0 Å². The second kappa shape index (κ2) is 8.24. The lowest BCUT2D eigenvalue weighted by Gasteiger charge is -2.36.